The van der Waals surface area contributed by atoms with Crippen LogP contribution in [-0.2, 0) is 24.4 Å². The van der Waals surface area contributed by atoms with E-state index in [1.807, 2.05) is 74.6 Å². The highest BCUT2D eigenvalue weighted by molar-refractivity contribution is 5.66. The molecule has 2 bridgehead atoms. The molecule has 0 aliphatic carbocycles. The summed E-state index contributed by atoms with van der Waals surface area (Å²) in [7, 11) is 6.73. The summed E-state index contributed by atoms with van der Waals surface area (Å²) < 4.78 is 30.9. The SMILES string of the molecule is COc1c(C)cc2c(c1OCc1ccccc1)[C@@H]1[C@H]3C(O)c4c(O)c(C)c(OC)c(OC)c4[C@H](COCc4ccccc4)N3[C@@H](C#N)[C@@H](C2)N1C. The van der Waals surface area contributed by atoms with Gasteiger partial charge in [-0.1, -0.05) is 66.7 Å². The Bertz CT molecular complexity index is 1950. The number of piperazine rings is 1. The largest absolute Gasteiger partial charge is 0.507 e. The molecule has 10 nitrogen and oxygen atoms in total. The third-order valence-corrected chi connectivity index (χ3v) is 10.9. The Morgan fingerprint density at radius 3 is 2.06 bits per heavy atom. The predicted molar refractivity (Wildman–Crippen MR) is 191 cm³/mol. The van der Waals surface area contributed by atoms with Gasteiger partial charge in [-0.2, -0.15) is 5.26 Å². The average molecular weight is 692 g/mol. The van der Waals surface area contributed by atoms with E-state index in [9.17, 15) is 15.5 Å². The Balaban J connectivity index is 1.43. The first kappa shape index (κ1) is 34.6. The molecule has 0 radical (unpaired) electrons. The highest BCUT2D eigenvalue weighted by atomic mass is 16.5. The molecule has 51 heavy (non-hydrogen) atoms. The van der Waals surface area contributed by atoms with E-state index < -0.39 is 30.3 Å². The van der Waals surface area contributed by atoms with Crippen LogP contribution in [0.15, 0.2) is 66.7 Å². The molecule has 1 unspecified atom stereocenters. The van der Waals surface area contributed by atoms with Gasteiger partial charge in [0.2, 0.25) is 0 Å². The first-order chi connectivity index (χ1) is 24.7. The maximum absolute atomic E-state index is 12.7. The van der Waals surface area contributed by atoms with Crippen molar-refractivity contribution in [3.63, 3.8) is 0 Å². The minimum absolute atomic E-state index is 0.0702. The van der Waals surface area contributed by atoms with Crippen LogP contribution in [0.5, 0.6) is 28.7 Å². The zero-order valence-corrected chi connectivity index (χ0v) is 29.9. The topological polar surface area (TPSA) is 117 Å². The van der Waals surface area contributed by atoms with Crippen LogP contribution in [0.4, 0.5) is 0 Å². The van der Waals surface area contributed by atoms with E-state index in [0.29, 0.717) is 59.3 Å². The maximum atomic E-state index is 12.7. The fourth-order valence-corrected chi connectivity index (χ4v) is 8.72. The summed E-state index contributed by atoms with van der Waals surface area (Å²) in [5.74, 6) is 1.95. The molecule has 4 aromatic carbocycles. The molecule has 0 saturated carbocycles. The van der Waals surface area contributed by atoms with Crippen LogP contribution >= 0.6 is 0 Å². The number of rotatable bonds is 10. The van der Waals surface area contributed by atoms with E-state index in [-0.39, 0.29) is 18.4 Å². The van der Waals surface area contributed by atoms with Crippen molar-refractivity contribution in [3.05, 3.63) is 111 Å². The molecule has 3 heterocycles. The summed E-state index contributed by atoms with van der Waals surface area (Å²) in [6.45, 7) is 4.57. The number of phenolic OH excluding ortho intramolecular Hbond substituents is 1. The smallest absolute Gasteiger partial charge is 0.167 e. The fraction of sp³-hybridized carbons (Fsp3) is 0.390. The molecule has 266 valence electrons. The van der Waals surface area contributed by atoms with Gasteiger partial charge in [-0.15, -0.1) is 0 Å². The lowest BCUT2D eigenvalue weighted by Gasteiger charge is -2.61. The van der Waals surface area contributed by atoms with Crippen LogP contribution in [0.3, 0.4) is 0 Å². The number of hydrogen-bond donors (Lipinski definition) is 2. The monoisotopic (exact) mass is 691 g/mol. The molecular formula is C41H45N3O7. The van der Waals surface area contributed by atoms with Crippen LogP contribution in [0.25, 0.3) is 0 Å². The third-order valence-electron chi connectivity index (χ3n) is 10.9. The molecular weight excluding hydrogens is 646 g/mol. The van der Waals surface area contributed by atoms with Crippen molar-refractivity contribution in [2.75, 3.05) is 35.0 Å². The second-order valence-electron chi connectivity index (χ2n) is 13.6. The van der Waals surface area contributed by atoms with Gasteiger partial charge in [0.1, 0.15) is 24.5 Å². The lowest BCUT2D eigenvalue weighted by atomic mass is 9.70. The van der Waals surface area contributed by atoms with Crippen LogP contribution in [0, 0.1) is 25.2 Å². The van der Waals surface area contributed by atoms with Gasteiger partial charge >= 0.3 is 0 Å². The molecule has 2 N–H and O–H groups in total. The molecule has 1 fully saturated rings. The van der Waals surface area contributed by atoms with Gasteiger partial charge in [-0.25, -0.2) is 0 Å². The van der Waals surface area contributed by atoms with Gasteiger partial charge in [0.05, 0.1) is 58.7 Å². The van der Waals surface area contributed by atoms with Crippen LogP contribution in [0.2, 0.25) is 0 Å². The zero-order chi connectivity index (χ0) is 36.0. The molecule has 4 aromatic rings. The number of ether oxygens (including phenoxy) is 5. The van der Waals surface area contributed by atoms with E-state index in [0.717, 1.165) is 27.8 Å². The number of benzene rings is 4. The van der Waals surface area contributed by atoms with Crippen LogP contribution in [-0.4, -0.2) is 73.1 Å². The second kappa shape index (κ2) is 14.1. The number of fused-ring (bicyclic) bond motifs is 7. The Hall–Kier alpha value is -4.79. The number of hydrogen-bond acceptors (Lipinski definition) is 10. The number of phenols is 1. The molecule has 0 aromatic heterocycles. The number of likely N-dealkylation sites (N-methyl/N-ethyl adjacent to an activating group) is 1. The molecule has 6 atom stereocenters. The van der Waals surface area contributed by atoms with Crippen molar-refractivity contribution in [2.24, 2.45) is 0 Å². The van der Waals surface area contributed by atoms with Crippen LogP contribution < -0.4 is 18.9 Å². The van der Waals surface area contributed by atoms with Crippen molar-refractivity contribution in [1.82, 2.24) is 9.80 Å². The average Bonchev–Trinajstić information content (AvgIpc) is 3.14. The predicted octanol–water partition coefficient (Wildman–Crippen LogP) is 6.09. The molecule has 3 aliphatic heterocycles. The van der Waals surface area contributed by atoms with Gasteiger partial charge < -0.3 is 33.9 Å². The third kappa shape index (κ3) is 5.65. The second-order valence-corrected chi connectivity index (χ2v) is 13.6. The van der Waals surface area contributed by atoms with Crippen LogP contribution in [0.1, 0.15) is 62.7 Å². The summed E-state index contributed by atoms with van der Waals surface area (Å²) in [5, 5.41) is 35.5. The number of aromatic hydroxyl groups is 1. The van der Waals surface area contributed by atoms with Gasteiger partial charge in [0, 0.05) is 28.3 Å². The fourth-order valence-electron chi connectivity index (χ4n) is 8.72. The number of aryl methyl sites for hydroxylation is 1. The van der Waals surface area contributed by atoms with Gasteiger partial charge in [0.25, 0.3) is 0 Å². The van der Waals surface area contributed by atoms with E-state index in [2.05, 4.69) is 21.9 Å². The van der Waals surface area contributed by atoms with Crippen molar-refractivity contribution >= 4 is 0 Å². The molecule has 10 heteroatoms. The summed E-state index contributed by atoms with van der Waals surface area (Å²) >= 11 is 0. The Morgan fingerprint density at radius 1 is 0.824 bits per heavy atom. The minimum Gasteiger partial charge on any atom is -0.507 e. The summed E-state index contributed by atoms with van der Waals surface area (Å²) in [6.07, 6.45) is -0.649. The lowest BCUT2D eigenvalue weighted by Crippen LogP contribution is -2.69. The molecule has 7 rings (SSSR count). The molecule has 1 saturated heterocycles. The van der Waals surface area contributed by atoms with E-state index in [4.69, 9.17) is 23.7 Å². The van der Waals surface area contributed by atoms with Crippen molar-refractivity contribution in [3.8, 4) is 34.8 Å². The molecule has 0 spiro atoms. The first-order valence-corrected chi connectivity index (χ1v) is 17.3. The van der Waals surface area contributed by atoms with E-state index >= 15 is 0 Å². The van der Waals surface area contributed by atoms with Crippen molar-refractivity contribution in [2.45, 2.75) is 69.8 Å². The van der Waals surface area contributed by atoms with E-state index in [1.165, 1.54) is 7.11 Å². The van der Waals surface area contributed by atoms with Gasteiger partial charge in [0.15, 0.2) is 23.0 Å². The highest BCUT2D eigenvalue weighted by Gasteiger charge is 2.59. The normalized spacial score (nSPS) is 23.7. The number of aliphatic hydroxyl groups is 1. The zero-order valence-electron chi connectivity index (χ0n) is 29.9. The Kier molecular flexibility index (Phi) is 9.57. The lowest BCUT2D eigenvalue weighted by molar-refractivity contribution is -0.132. The Morgan fingerprint density at radius 2 is 1.45 bits per heavy atom. The summed E-state index contributed by atoms with van der Waals surface area (Å²) in [4.78, 5) is 4.29. The maximum Gasteiger partial charge on any atom is 0.167 e. The summed E-state index contributed by atoms with van der Waals surface area (Å²) in [5.41, 5.74) is 6.26. The first-order valence-electron chi connectivity index (χ1n) is 17.3. The number of nitrogens with zero attached hydrogens (tertiary/aromatic N) is 3. The number of nitriles is 1. The summed E-state index contributed by atoms with van der Waals surface area (Å²) in [6, 6.07) is 22.0. The van der Waals surface area contributed by atoms with Gasteiger partial charge in [-0.05, 0) is 49.6 Å². The van der Waals surface area contributed by atoms with E-state index in [1.54, 1.807) is 21.1 Å². The van der Waals surface area contributed by atoms with Crippen molar-refractivity contribution in [1.29, 1.82) is 5.26 Å². The molecule has 3 aliphatic rings. The minimum atomic E-state index is -1.23. The number of methoxy groups -OCH3 is 3. The highest BCUT2D eigenvalue weighted by Crippen LogP contribution is 2.60. The van der Waals surface area contributed by atoms with Crippen molar-refractivity contribution < 1.29 is 33.9 Å². The van der Waals surface area contributed by atoms with Gasteiger partial charge in [-0.3, -0.25) is 9.80 Å². The quantitative estimate of drug-likeness (QED) is 0.202. The molecule has 0 amide bonds. The Labute approximate surface area is 299 Å². The standard InChI is InChI=1S/C41H45N3O7/c1-23-17-27-18-28-29(19-42)44-30(22-50-20-25-13-9-7-10-14-25)32-33(36(45)24(2)39(48-5)40(32)49-6)37(46)35(44)34(43(28)3)31(27)41(38(23)47-4)51-21-26-15-11-8-12-16-26/h7-17,28-30,34-35,37,45-46H,18,20-22H2,1-6H3/t28-,29+,30+,34-,35+,37?/m1/s1. The number of aliphatic hydroxyl groups excluding tert-OH is 1.